The molecule has 1 aliphatic rings. The van der Waals surface area contributed by atoms with E-state index in [1.807, 2.05) is 13.8 Å². The molecule has 1 atom stereocenters. The molecule has 1 aliphatic carbocycles. The predicted molar refractivity (Wildman–Crippen MR) is 64.7 cm³/mol. The van der Waals surface area contributed by atoms with Gasteiger partial charge in [0.15, 0.2) is 5.78 Å². The van der Waals surface area contributed by atoms with Crippen molar-refractivity contribution in [1.29, 1.82) is 0 Å². The summed E-state index contributed by atoms with van der Waals surface area (Å²) in [5.74, 6) is 0.356. The van der Waals surface area contributed by atoms with Crippen LogP contribution in [-0.2, 0) is 4.79 Å². The van der Waals surface area contributed by atoms with E-state index < -0.39 is 0 Å². The molecule has 84 valence electrons. The molecule has 0 amide bonds. The van der Waals surface area contributed by atoms with Crippen molar-refractivity contribution < 1.29 is 4.79 Å². The van der Waals surface area contributed by atoms with Gasteiger partial charge < -0.3 is 0 Å². The Balaban J connectivity index is 2.99. The zero-order chi connectivity index (χ0) is 11.6. The second-order valence-electron chi connectivity index (χ2n) is 5.53. The van der Waals surface area contributed by atoms with Crippen molar-refractivity contribution in [1.82, 2.24) is 0 Å². The van der Waals surface area contributed by atoms with Crippen LogP contribution in [0.5, 0.6) is 0 Å². The Morgan fingerprint density at radius 1 is 1.47 bits per heavy atom. The van der Waals surface area contributed by atoms with Gasteiger partial charge in [0.2, 0.25) is 0 Å². The smallest absolute Gasteiger partial charge is 0.163 e. The highest BCUT2D eigenvalue weighted by Crippen LogP contribution is 2.41. The molecule has 0 N–H and O–H groups in total. The van der Waals surface area contributed by atoms with Crippen LogP contribution in [0.3, 0.4) is 0 Å². The molecular formula is C14H22O. The molecular weight excluding hydrogens is 184 g/mol. The fourth-order valence-electron chi connectivity index (χ4n) is 2.53. The third kappa shape index (κ3) is 2.80. The number of ketones is 1. The van der Waals surface area contributed by atoms with E-state index in [0.29, 0.717) is 0 Å². The van der Waals surface area contributed by atoms with Gasteiger partial charge in [-0.15, -0.1) is 0 Å². The number of allylic oxidation sites excluding steroid dienone is 4. The van der Waals surface area contributed by atoms with Gasteiger partial charge in [-0.2, -0.15) is 0 Å². The van der Waals surface area contributed by atoms with E-state index >= 15 is 0 Å². The van der Waals surface area contributed by atoms with Gasteiger partial charge in [-0.25, -0.2) is 0 Å². The molecule has 0 aromatic rings. The topological polar surface area (TPSA) is 17.1 Å². The highest BCUT2D eigenvalue weighted by molar-refractivity contribution is 5.94. The van der Waals surface area contributed by atoms with Crippen LogP contribution < -0.4 is 0 Å². The number of hydrogen-bond acceptors (Lipinski definition) is 1. The summed E-state index contributed by atoms with van der Waals surface area (Å²) in [5.41, 5.74) is 2.45. The van der Waals surface area contributed by atoms with Gasteiger partial charge >= 0.3 is 0 Å². The van der Waals surface area contributed by atoms with Crippen molar-refractivity contribution in [2.75, 3.05) is 0 Å². The number of carbonyl (C=O) groups is 1. The van der Waals surface area contributed by atoms with Crippen LogP contribution in [0.15, 0.2) is 23.3 Å². The minimum atomic E-state index is 0.0844. The van der Waals surface area contributed by atoms with Crippen molar-refractivity contribution in [3.05, 3.63) is 23.3 Å². The van der Waals surface area contributed by atoms with Crippen LogP contribution in [0, 0.1) is 11.3 Å². The molecule has 1 nitrogen and oxygen atoms in total. The lowest BCUT2D eigenvalue weighted by atomic mass is 9.67. The van der Waals surface area contributed by atoms with Gasteiger partial charge in [-0.3, -0.25) is 4.79 Å². The second kappa shape index (κ2) is 4.34. The molecule has 0 spiro atoms. The molecule has 0 saturated carbocycles. The zero-order valence-corrected chi connectivity index (χ0v) is 10.6. The minimum Gasteiger partial charge on any atom is -0.294 e. The molecule has 0 aromatic carbocycles. The quantitative estimate of drug-likeness (QED) is 0.494. The third-order valence-corrected chi connectivity index (χ3v) is 3.21. The van der Waals surface area contributed by atoms with E-state index in [-0.39, 0.29) is 17.1 Å². The SMILES string of the molecule is CC(C)=CC(=O)C1C(C)=CCCC1(C)C. The Kier molecular flexibility index (Phi) is 3.54. The molecule has 0 fully saturated rings. The van der Waals surface area contributed by atoms with E-state index in [9.17, 15) is 4.79 Å². The van der Waals surface area contributed by atoms with E-state index in [1.54, 1.807) is 6.08 Å². The molecule has 0 heterocycles. The van der Waals surface area contributed by atoms with Crippen LogP contribution in [0.1, 0.15) is 47.5 Å². The summed E-state index contributed by atoms with van der Waals surface area (Å²) in [6.07, 6.45) is 6.22. The lowest BCUT2D eigenvalue weighted by Gasteiger charge is -2.36. The monoisotopic (exact) mass is 206 g/mol. The van der Waals surface area contributed by atoms with Gasteiger partial charge in [0, 0.05) is 5.92 Å². The Labute approximate surface area is 93.3 Å². The maximum atomic E-state index is 12.1. The van der Waals surface area contributed by atoms with Crippen molar-refractivity contribution in [3.8, 4) is 0 Å². The predicted octanol–water partition coefficient (Wildman–Crippen LogP) is 3.90. The summed E-state index contributed by atoms with van der Waals surface area (Å²) in [7, 11) is 0. The normalized spacial score (nSPS) is 24.3. The molecule has 0 aliphatic heterocycles. The summed E-state index contributed by atoms with van der Waals surface area (Å²) >= 11 is 0. The second-order valence-corrected chi connectivity index (χ2v) is 5.53. The first-order valence-electron chi connectivity index (χ1n) is 5.70. The van der Waals surface area contributed by atoms with Gasteiger partial charge in [0.05, 0.1) is 0 Å². The number of hydrogen-bond donors (Lipinski definition) is 0. The lowest BCUT2D eigenvalue weighted by Crippen LogP contribution is -2.33. The van der Waals surface area contributed by atoms with Crippen LogP contribution in [-0.4, -0.2) is 5.78 Å². The Morgan fingerprint density at radius 3 is 2.53 bits per heavy atom. The first-order valence-corrected chi connectivity index (χ1v) is 5.70. The summed E-state index contributed by atoms with van der Waals surface area (Å²) in [4.78, 5) is 12.1. The summed E-state index contributed by atoms with van der Waals surface area (Å²) in [6, 6.07) is 0. The van der Waals surface area contributed by atoms with Crippen LogP contribution >= 0.6 is 0 Å². The summed E-state index contributed by atoms with van der Waals surface area (Å²) in [5, 5.41) is 0. The third-order valence-electron chi connectivity index (χ3n) is 3.21. The first kappa shape index (κ1) is 12.2. The standard InChI is InChI=1S/C14H22O/c1-10(2)9-12(15)13-11(3)7-6-8-14(13,4)5/h7,9,13H,6,8H2,1-5H3. The van der Waals surface area contributed by atoms with E-state index in [1.165, 1.54) is 5.57 Å². The lowest BCUT2D eigenvalue weighted by molar-refractivity contribution is -0.120. The molecule has 0 radical (unpaired) electrons. The Hall–Kier alpha value is -0.850. The van der Waals surface area contributed by atoms with Crippen molar-refractivity contribution in [2.45, 2.75) is 47.5 Å². The number of carbonyl (C=O) groups excluding carboxylic acids is 1. The van der Waals surface area contributed by atoms with Crippen molar-refractivity contribution in [2.24, 2.45) is 11.3 Å². The minimum absolute atomic E-state index is 0.0844. The van der Waals surface area contributed by atoms with Crippen LogP contribution in [0.2, 0.25) is 0 Å². The van der Waals surface area contributed by atoms with Crippen molar-refractivity contribution >= 4 is 5.78 Å². The van der Waals surface area contributed by atoms with E-state index in [4.69, 9.17) is 0 Å². The summed E-state index contributed by atoms with van der Waals surface area (Å²) < 4.78 is 0. The van der Waals surface area contributed by atoms with Crippen molar-refractivity contribution in [3.63, 3.8) is 0 Å². The highest BCUT2D eigenvalue weighted by Gasteiger charge is 2.36. The highest BCUT2D eigenvalue weighted by atomic mass is 16.1. The fraction of sp³-hybridized carbons (Fsp3) is 0.643. The van der Waals surface area contributed by atoms with Gasteiger partial charge in [0.25, 0.3) is 0 Å². The van der Waals surface area contributed by atoms with E-state index in [2.05, 4.69) is 26.8 Å². The number of rotatable bonds is 2. The van der Waals surface area contributed by atoms with Crippen LogP contribution in [0.25, 0.3) is 0 Å². The largest absolute Gasteiger partial charge is 0.294 e. The summed E-state index contributed by atoms with van der Waals surface area (Å²) in [6.45, 7) is 10.4. The van der Waals surface area contributed by atoms with E-state index in [0.717, 1.165) is 18.4 Å². The maximum absolute atomic E-state index is 12.1. The Bertz CT molecular complexity index is 314. The fourth-order valence-corrected chi connectivity index (χ4v) is 2.53. The molecule has 0 bridgehead atoms. The Morgan fingerprint density at radius 2 is 2.07 bits per heavy atom. The molecule has 1 heteroatoms. The molecule has 0 saturated heterocycles. The average Bonchev–Trinajstić information content (AvgIpc) is 1.99. The van der Waals surface area contributed by atoms with Gasteiger partial charge in [0.1, 0.15) is 0 Å². The first-order chi connectivity index (χ1) is 6.84. The van der Waals surface area contributed by atoms with Crippen LogP contribution in [0.4, 0.5) is 0 Å². The molecule has 15 heavy (non-hydrogen) atoms. The molecule has 1 unspecified atom stereocenters. The molecule has 0 aromatic heterocycles. The zero-order valence-electron chi connectivity index (χ0n) is 10.6. The average molecular weight is 206 g/mol. The van der Waals surface area contributed by atoms with Gasteiger partial charge in [-0.05, 0) is 45.1 Å². The molecule has 1 rings (SSSR count). The maximum Gasteiger partial charge on any atom is 0.163 e. The van der Waals surface area contributed by atoms with Gasteiger partial charge in [-0.1, -0.05) is 31.1 Å².